The van der Waals surface area contributed by atoms with Crippen molar-refractivity contribution in [3.63, 3.8) is 0 Å². The number of allylic oxidation sites excluding steroid dienone is 1. The quantitative estimate of drug-likeness (QED) is 0.236. The minimum atomic E-state index is -1.20. The largest absolute Gasteiger partial charge is 0.464 e. The summed E-state index contributed by atoms with van der Waals surface area (Å²) in [7, 11) is 0. The lowest BCUT2D eigenvalue weighted by Gasteiger charge is -2.29. The van der Waals surface area contributed by atoms with E-state index < -0.39 is 53.5 Å². The van der Waals surface area contributed by atoms with Crippen molar-refractivity contribution in [3.8, 4) is 0 Å². The van der Waals surface area contributed by atoms with E-state index in [1.165, 1.54) is 6.20 Å². The number of hydrogen-bond acceptors (Lipinski definition) is 8. The predicted octanol–water partition coefficient (Wildman–Crippen LogP) is 2.29. The van der Waals surface area contributed by atoms with Crippen molar-refractivity contribution in [2.45, 2.75) is 84.5 Å². The topological polar surface area (TPSA) is 169 Å². The molecule has 0 spiro atoms. The van der Waals surface area contributed by atoms with Gasteiger partial charge < -0.3 is 36.1 Å². The number of nitrogens with zero attached hydrogens (tertiary/aromatic N) is 1. The van der Waals surface area contributed by atoms with Crippen molar-refractivity contribution < 1.29 is 33.4 Å². The summed E-state index contributed by atoms with van der Waals surface area (Å²) in [5.74, 6) is -2.34. The summed E-state index contributed by atoms with van der Waals surface area (Å²) in [6, 6.07) is 5.87. The second-order valence-electron chi connectivity index (χ2n) is 11.7. The highest BCUT2D eigenvalue weighted by Crippen LogP contribution is 2.14. The zero-order chi connectivity index (χ0) is 32.2. The molecule has 0 saturated heterocycles. The molecule has 0 saturated carbocycles. The molecule has 1 aromatic carbocycles. The van der Waals surface area contributed by atoms with Crippen LogP contribution >= 0.6 is 0 Å². The van der Waals surface area contributed by atoms with Gasteiger partial charge in [-0.3, -0.25) is 14.4 Å². The minimum absolute atomic E-state index is 0.0789. The molecule has 43 heavy (non-hydrogen) atoms. The normalized spacial score (nSPS) is 15.0. The van der Waals surface area contributed by atoms with Crippen LogP contribution in [0.4, 0.5) is 4.79 Å². The lowest BCUT2D eigenvalue weighted by atomic mass is 10.0. The molecule has 2 rings (SSSR count). The molecule has 1 unspecified atom stereocenters. The van der Waals surface area contributed by atoms with E-state index in [9.17, 15) is 24.0 Å². The van der Waals surface area contributed by atoms with Gasteiger partial charge in [0, 0.05) is 18.2 Å². The monoisotopic (exact) mass is 599 g/mol. The molecule has 0 fully saturated rings. The van der Waals surface area contributed by atoms with Gasteiger partial charge >= 0.3 is 12.1 Å². The maximum Gasteiger partial charge on any atom is 0.408 e. The van der Waals surface area contributed by atoms with Crippen molar-refractivity contribution in [2.75, 3.05) is 13.2 Å². The van der Waals surface area contributed by atoms with Gasteiger partial charge in [0.2, 0.25) is 17.7 Å². The van der Waals surface area contributed by atoms with Crippen molar-refractivity contribution in [1.29, 1.82) is 0 Å². The average Bonchev–Trinajstić information content (AvgIpc) is 2.91. The predicted molar refractivity (Wildman–Crippen MR) is 161 cm³/mol. The summed E-state index contributed by atoms with van der Waals surface area (Å²) >= 11 is 0. The fourth-order valence-electron chi connectivity index (χ4n) is 4.28. The molecule has 5 N–H and O–H groups in total. The van der Waals surface area contributed by atoms with E-state index in [0.717, 1.165) is 5.56 Å². The standard InChI is InChI=1S/C31H45N5O7/c1-7-42-29(40)24(16-20(2)3)34-27(38)23(17-21-12-9-8-10-13-21)33-28(39)25(35-30(41)43-31(4,5)6)19-36-15-11-14-22(18-36)26(32)37/h8-13,15,18,20,23-25H,7,14,16-17,19H2,1-6H3,(H2,32,37)(H,33,39)(H,34,38)(H,35,41)/t23-,24-,25?/m0/s1. The lowest BCUT2D eigenvalue weighted by molar-refractivity contribution is -0.148. The summed E-state index contributed by atoms with van der Waals surface area (Å²) in [5, 5.41) is 8.07. The number of alkyl carbamates (subject to hydrolysis) is 1. The summed E-state index contributed by atoms with van der Waals surface area (Å²) in [6.07, 6.45) is 4.82. The van der Waals surface area contributed by atoms with Gasteiger partial charge in [0.1, 0.15) is 23.7 Å². The number of ether oxygens (including phenoxy) is 2. The second kappa shape index (κ2) is 16.3. The highest BCUT2D eigenvalue weighted by molar-refractivity contribution is 5.94. The Morgan fingerprint density at radius 3 is 2.16 bits per heavy atom. The van der Waals surface area contributed by atoms with Crippen molar-refractivity contribution >= 4 is 29.8 Å². The highest BCUT2D eigenvalue weighted by atomic mass is 16.6. The molecule has 0 bridgehead atoms. The number of rotatable bonds is 14. The molecular weight excluding hydrogens is 554 g/mol. The summed E-state index contributed by atoms with van der Waals surface area (Å²) in [5.41, 5.74) is 5.71. The Morgan fingerprint density at radius 1 is 0.953 bits per heavy atom. The van der Waals surface area contributed by atoms with Crippen LogP contribution in [0.3, 0.4) is 0 Å². The van der Waals surface area contributed by atoms with Gasteiger partial charge in [-0.15, -0.1) is 0 Å². The van der Waals surface area contributed by atoms with Crippen molar-refractivity contribution in [2.24, 2.45) is 11.7 Å². The van der Waals surface area contributed by atoms with E-state index in [1.807, 2.05) is 44.2 Å². The van der Waals surface area contributed by atoms with Crippen LogP contribution in [0.1, 0.15) is 59.9 Å². The highest BCUT2D eigenvalue weighted by Gasteiger charge is 2.32. The van der Waals surface area contributed by atoms with Gasteiger partial charge in [-0.1, -0.05) is 50.3 Å². The summed E-state index contributed by atoms with van der Waals surface area (Å²) in [4.78, 5) is 65.9. The number of nitrogens with two attached hydrogens (primary N) is 1. The minimum Gasteiger partial charge on any atom is -0.464 e. The van der Waals surface area contributed by atoms with Gasteiger partial charge in [0.25, 0.3) is 0 Å². The molecule has 236 valence electrons. The Morgan fingerprint density at radius 2 is 1.58 bits per heavy atom. The second-order valence-corrected chi connectivity index (χ2v) is 11.7. The number of carbonyl (C=O) groups excluding carboxylic acids is 5. The molecule has 1 aromatic rings. The van der Waals surface area contributed by atoms with Crippen LogP contribution in [-0.4, -0.2) is 71.6 Å². The first-order valence-corrected chi connectivity index (χ1v) is 14.4. The maximum atomic E-state index is 13.7. The van der Waals surface area contributed by atoms with Gasteiger partial charge in [-0.2, -0.15) is 0 Å². The van der Waals surface area contributed by atoms with Gasteiger partial charge in [0.15, 0.2) is 0 Å². The number of amides is 4. The number of hydrogen-bond donors (Lipinski definition) is 4. The lowest BCUT2D eigenvalue weighted by Crippen LogP contribution is -2.58. The van der Waals surface area contributed by atoms with Gasteiger partial charge in [0.05, 0.1) is 13.2 Å². The van der Waals surface area contributed by atoms with Crippen LogP contribution in [0, 0.1) is 5.92 Å². The SMILES string of the molecule is CCOC(=O)[C@H](CC(C)C)NC(=O)[C@H](Cc1ccccc1)NC(=O)C(CN1C=CCC(C(N)=O)=C1)NC(=O)OC(C)(C)C. The van der Waals surface area contributed by atoms with E-state index in [4.69, 9.17) is 15.2 Å². The first-order valence-electron chi connectivity index (χ1n) is 14.4. The fraction of sp³-hybridized carbons (Fsp3) is 0.516. The molecule has 3 atom stereocenters. The Bertz CT molecular complexity index is 1190. The zero-order valence-electron chi connectivity index (χ0n) is 25.8. The Kier molecular flexibility index (Phi) is 13.2. The smallest absolute Gasteiger partial charge is 0.408 e. The van der Waals surface area contributed by atoms with E-state index >= 15 is 0 Å². The molecule has 1 heterocycles. The maximum absolute atomic E-state index is 13.7. The van der Waals surface area contributed by atoms with Crippen LogP contribution in [0.25, 0.3) is 0 Å². The van der Waals surface area contributed by atoms with Gasteiger partial charge in [-0.05, 0) is 58.2 Å². The average molecular weight is 600 g/mol. The third kappa shape index (κ3) is 12.6. The molecule has 0 radical (unpaired) electrons. The third-order valence-electron chi connectivity index (χ3n) is 6.18. The first-order chi connectivity index (χ1) is 20.2. The number of esters is 1. The van der Waals surface area contributed by atoms with Crippen molar-refractivity contribution in [1.82, 2.24) is 20.9 Å². The Labute approximate surface area is 253 Å². The first kappa shape index (κ1) is 34.8. The molecule has 12 nitrogen and oxygen atoms in total. The number of carbonyl (C=O) groups is 5. The van der Waals surface area contributed by atoms with Crippen LogP contribution in [0.2, 0.25) is 0 Å². The molecule has 1 aliphatic heterocycles. The van der Waals surface area contributed by atoms with Crippen LogP contribution in [0.5, 0.6) is 0 Å². The molecule has 12 heteroatoms. The molecule has 0 aliphatic carbocycles. The molecular formula is C31H45N5O7. The van der Waals surface area contributed by atoms with Crippen LogP contribution < -0.4 is 21.7 Å². The van der Waals surface area contributed by atoms with E-state index in [2.05, 4.69) is 16.0 Å². The molecule has 4 amide bonds. The molecule has 0 aromatic heterocycles. The van der Waals surface area contributed by atoms with Crippen LogP contribution in [-0.2, 0) is 35.1 Å². The fourth-order valence-corrected chi connectivity index (χ4v) is 4.28. The van der Waals surface area contributed by atoms with Crippen molar-refractivity contribution in [3.05, 3.63) is 59.9 Å². The van der Waals surface area contributed by atoms with Crippen LogP contribution in [0.15, 0.2) is 54.4 Å². The zero-order valence-corrected chi connectivity index (χ0v) is 25.8. The summed E-state index contributed by atoms with van der Waals surface area (Å²) in [6.45, 7) is 10.7. The third-order valence-corrected chi connectivity index (χ3v) is 6.18. The van der Waals surface area contributed by atoms with E-state index in [1.54, 1.807) is 44.9 Å². The summed E-state index contributed by atoms with van der Waals surface area (Å²) < 4.78 is 10.5. The number of primary amides is 1. The number of benzene rings is 1. The number of nitrogens with one attached hydrogen (secondary N) is 3. The Balaban J connectivity index is 2.36. The van der Waals surface area contributed by atoms with E-state index in [0.29, 0.717) is 18.4 Å². The van der Waals surface area contributed by atoms with E-state index in [-0.39, 0.29) is 25.5 Å². The van der Waals surface area contributed by atoms with Gasteiger partial charge in [-0.25, -0.2) is 9.59 Å². The Hall–Kier alpha value is -4.35. The molecule has 1 aliphatic rings.